The van der Waals surface area contributed by atoms with Crippen molar-refractivity contribution in [3.63, 3.8) is 0 Å². The highest BCUT2D eigenvalue weighted by atomic mass is 35.5. The molecule has 4 rings (SSSR count). The van der Waals surface area contributed by atoms with Crippen LogP contribution in [0.1, 0.15) is 17.9 Å². The Morgan fingerprint density at radius 1 is 1.10 bits per heavy atom. The minimum Gasteiger partial charge on any atom is -0.340 e. The average Bonchev–Trinajstić information content (AvgIpc) is 3.22. The van der Waals surface area contributed by atoms with Gasteiger partial charge in [0.25, 0.3) is 0 Å². The molecule has 0 spiro atoms. The first-order valence-corrected chi connectivity index (χ1v) is 10.0. The van der Waals surface area contributed by atoms with Gasteiger partial charge in [0.2, 0.25) is 17.6 Å². The molecule has 0 N–H and O–H groups in total. The summed E-state index contributed by atoms with van der Waals surface area (Å²) in [5.41, 5.74) is 2.04. The maximum atomic E-state index is 12.5. The number of hydrogen-bond donors (Lipinski definition) is 0. The summed E-state index contributed by atoms with van der Waals surface area (Å²) in [5, 5.41) is 4.73. The molecular formula is C21H22ClN5O2. The van der Waals surface area contributed by atoms with Crippen LogP contribution in [0.3, 0.4) is 0 Å². The molecule has 0 bridgehead atoms. The predicted octanol–water partition coefficient (Wildman–Crippen LogP) is 3.06. The Morgan fingerprint density at radius 2 is 1.90 bits per heavy atom. The summed E-state index contributed by atoms with van der Waals surface area (Å²) in [5.74, 6) is 1.12. The van der Waals surface area contributed by atoms with E-state index in [4.69, 9.17) is 16.1 Å². The predicted molar refractivity (Wildman–Crippen MR) is 109 cm³/mol. The van der Waals surface area contributed by atoms with E-state index in [1.807, 2.05) is 35.2 Å². The summed E-state index contributed by atoms with van der Waals surface area (Å²) >= 11 is 6.06. The van der Waals surface area contributed by atoms with E-state index in [-0.39, 0.29) is 5.91 Å². The second kappa shape index (κ2) is 9.15. The first-order valence-electron chi connectivity index (χ1n) is 9.65. The number of halogens is 1. The Balaban J connectivity index is 1.24. The highest BCUT2D eigenvalue weighted by Gasteiger charge is 2.21. The van der Waals surface area contributed by atoms with Crippen LogP contribution in [0.4, 0.5) is 0 Å². The van der Waals surface area contributed by atoms with Gasteiger partial charge in [-0.3, -0.25) is 14.7 Å². The maximum absolute atomic E-state index is 12.5. The van der Waals surface area contributed by atoms with Crippen molar-refractivity contribution in [3.8, 4) is 11.4 Å². The number of aromatic nitrogens is 3. The second-order valence-electron chi connectivity index (χ2n) is 7.03. The minimum absolute atomic E-state index is 0.121. The number of amides is 1. The van der Waals surface area contributed by atoms with Gasteiger partial charge in [-0.25, -0.2) is 0 Å². The van der Waals surface area contributed by atoms with Gasteiger partial charge in [0, 0.05) is 68.5 Å². The van der Waals surface area contributed by atoms with Gasteiger partial charge >= 0.3 is 0 Å². The molecule has 1 aromatic carbocycles. The topological polar surface area (TPSA) is 75.4 Å². The van der Waals surface area contributed by atoms with Crippen LogP contribution in [0, 0.1) is 0 Å². The lowest BCUT2D eigenvalue weighted by atomic mass is 10.2. The molecule has 2 aromatic heterocycles. The summed E-state index contributed by atoms with van der Waals surface area (Å²) < 4.78 is 5.28. The Bertz CT molecular complexity index is 954. The Labute approximate surface area is 174 Å². The quantitative estimate of drug-likeness (QED) is 0.620. The third-order valence-corrected chi connectivity index (χ3v) is 5.21. The van der Waals surface area contributed by atoms with E-state index in [1.54, 1.807) is 12.4 Å². The number of pyridine rings is 1. The van der Waals surface area contributed by atoms with E-state index < -0.39 is 0 Å². The van der Waals surface area contributed by atoms with Crippen molar-refractivity contribution in [2.24, 2.45) is 0 Å². The second-order valence-corrected chi connectivity index (χ2v) is 7.47. The molecule has 0 radical (unpaired) electrons. The Morgan fingerprint density at radius 3 is 2.66 bits per heavy atom. The van der Waals surface area contributed by atoms with Crippen LogP contribution in [0.25, 0.3) is 11.4 Å². The fraction of sp³-hybridized carbons (Fsp3) is 0.333. The number of carbonyl (C=O) groups is 1. The van der Waals surface area contributed by atoms with Crippen LogP contribution in [-0.4, -0.2) is 57.0 Å². The molecule has 1 saturated heterocycles. The summed E-state index contributed by atoms with van der Waals surface area (Å²) in [6, 6.07) is 11.6. The first-order chi connectivity index (χ1) is 14.2. The van der Waals surface area contributed by atoms with Crippen LogP contribution >= 0.6 is 11.6 Å². The number of benzene rings is 1. The van der Waals surface area contributed by atoms with Crippen LogP contribution in [0.15, 0.2) is 53.3 Å². The van der Waals surface area contributed by atoms with Gasteiger partial charge in [0.15, 0.2) is 0 Å². The maximum Gasteiger partial charge on any atom is 0.227 e. The summed E-state index contributed by atoms with van der Waals surface area (Å²) in [4.78, 5) is 25.1. The molecule has 0 aliphatic carbocycles. The van der Waals surface area contributed by atoms with Gasteiger partial charge in [-0.1, -0.05) is 28.9 Å². The van der Waals surface area contributed by atoms with Gasteiger partial charge in [-0.05, 0) is 29.8 Å². The molecule has 0 saturated carbocycles. The number of rotatable bonds is 6. The van der Waals surface area contributed by atoms with E-state index in [2.05, 4.69) is 26.1 Å². The standard InChI is InChI=1S/C21H22ClN5O2/c22-18-3-1-2-16(14-18)15-26-10-12-27(13-11-26)20(28)5-4-19-24-21(25-29-19)17-6-8-23-9-7-17/h1-3,6-9,14H,4-5,10-13,15H2. The lowest BCUT2D eigenvalue weighted by molar-refractivity contribution is -0.133. The summed E-state index contributed by atoms with van der Waals surface area (Å²) in [6.07, 6.45) is 4.17. The molecule has 0 unspecified atom stereocenters. The molecule has 150 valence electrons. The monoisotopic (exact) mass is 411 g/mol. The Kier molecular flexibility index (Phi) is 6.17. The average molecular weight is 412 g/mol. The molecule has 1 aliphatic rings. The van der Waals surface area contributed by atoms with Crippen molar-refractivity contribution in [2.75, 3.05) is 26.2 Å². The van der Waals surface area contributed by atoms with Crippen molar-refractivity contribution in [3.05, 3.63) is 65.3 Å². The fourth-order valence-electron chi connectivity index (χ4n) is 3.40. The van der Waals surface area contributed by atoms with Gasteiger partial charge in [0.1, 0.15) is 0 Å². The van der Waals surface area contributed by atoms with Gasteiger partial charge < -0.3 is 9.42 Å². The van der Waals surface area contributed by atoms with Crippen LogP contribution in [0.5, 0.6) is 0 Å². The van der Waals surface area contributed by atoms with E-state index >= 15 is 0 Å². The van der Waals surface area contributed by atoms with Crippen LogP contribution in [-0.2, 0) is 17.8 Å². The zero-order valence-corrected chi connectivity index (χ0v) is 16.8. The largest absolute Gasteiger partial charge is 0.340 e. The Hall–Kier alpha value is -2.77. The van der Waals surface area contributed by atoms with Crippen molar-refractivity contribution in [1.82, 2.24) is 24.9 Å². The van der Waals surface area contributed by atoms with Crippen LogP contribution in [0.2, 0.25) is 5.02 Å². The molecule has 1 amide bonds. The first kappa shape index (κ1) is 19.5. The fourth-order valence-corrected chi connectivity index (χ4v) is 3.61. The third-order valence-electron chi connectivity index (χ3n) is 4.98. The lowest BCUT2D eigenvalue weighted by Crippen LogP contribution is -2.48. The van der Waals surface area contributed by atoms with E-state index in [9.17, 15) is 4.79 Å². The zero-order chi connectivity index (χ0) is 20.1. The van der Waals surface area contributed by atoms with E-state index in [0.717, 1.165) is 43.3 Å². The van der Waals surface area contributed by atoms with Crippen molar-refractivity contribution in [1.29, 1.82) is 0 Å². The normalized spacial score (nSPS) is 14.9. The van der Waals surface area contributed by atoms with Gasteiger partial charge in [0.05, 0.1) is 0 Å². The minimum atomic E-state index is 0.121. The summed E-state index contributed by atoms with van der Waals surface area (Å²) in [7, 11) is 0. The number of piperazine rings is 1. The molecule has 8 heteroatoms. The number of hydrogen-bond acceptors (Lipinski definition) is 6. The van der Waals surface area contributed by atoms with Crippen molar-refractivity contribution in [2.45, 2.75) is 19.4 Å². The van der Waals surface area contributed by atoms with E-state index in [1.165, 1.54) is 5.56 Å². The molecule has 3 heterocycles. The molecular weight excluding hydrogens is 390 g/mol. The van der Waals surface area contributed by atoms with E-state index in [0.29, 0.717) is 24.6 Å². The molecule has 1 fully saturated rings. The zero-order valence-electron chi connectivity index (χ0n) is 16.0. The van der Waals surface area contributed by atoms with Crippen molar-refractivity contribution < 1.29 is 9.32 Å². The van der Waals surface area contributed by atoms with Crippen molar-refractivity contribution >= 4 is 17.5 Å². The summed E-state index contributed by atoms with van der Waals surface area (Å²) in [6.45, 7) is 4.01. The number of nitrogens with zero attached hydrogens (tertiary/aromatic N) is 5. The number of aryl methyl sites for hydroxylation is 1. The SMILES string of the molecule is O=C(CCc1nc(-c2ccncc2)no1)N1CCN(Cc2cccc(Cl)c2)CC1. The van der Waals surface area contributed by atoms with Gasteiger partial charge in [-0.15, -0.1) is 0 Å². The smallest absolute Gasteiger partial charge is 0.227 e. The number of carbonyl (C=O) groups excluding carboxylic acids is 1. The molecule has 3 aromatic rings. The molecule has 29 heavy (non-hydrogen) atoms. The van der Waals surface area contributed by atoms with Crippen LogP contribution < -0.4 is 0 Å². The molecule has 0 atom stereocenters. The molecule has 7 nitrogen and oxygen atoms in total. The third kappa shape index (κ3) is 5.19. The lowest BCUT2D eigenvalue weighted by Gasteiger charge is -2.34. The molecule has 1 aliphatic heterocycles. The highest BCUT2D eigenvalue weighted by molar-refractivity contribution is 6.30. The highest BCUT2D eigenvalue weighted by Crippen LogP contribution is 2.16. The van der Waals surface area contributed by atoms with Gasteiger partial charge in [-0.2, -0.15) is 4.98 Å².